The number of aromatic carboxylic acids is 1. The minimum Gasteiger partial charge on any atom is -0.477 e. The van der Waals surface area contributed by atoms with Crippen LogP contribution in [-0.2, 0) is 0 Å². The summed E-state index contributed by atoms with van der Waals surface area (Å²) < 4.78 is 1.82. The number of rotatable bonds is 4. The van der Waals surface area contributed by atoms with Crippen LogP contribution >= 0.6 is 11.3 Å². The summed E-state index contributed by atoms with van der Waals surface area (Å²) >= 11 is 1.12. The van der Waals surface area contributed by atoms with Gasteiger partial charge < -0.3 is 10.4 Å². The Hall–Kier alpha value is -1.89. The number of aromatic nitrogens is 3. The minimum atomic E-state index is -0.948. The van der Waals surface area contributed by atoms with E-state index in [0.717, 1.165) is 17.0 Å². The second kappa shape index (κ2) is 4.77. The second-order valence-electron chi connectivity index (χ2n) is 4.17. The first-order valence-corrected chi connectivity index (χ1v) is 6.31. The van der Waals surface area contributed by atoms with Crippen LogP contribution in [0.25, 0.3) is 0 Å². The molecule has 96 valence electrons. The number of carboxylic acid groups (broad SMARTS) is 1. The van der Waals surface area contributed by atoms with Gasteiger partial charge in [0.1, 0.15) is 4.88 Å². The number of nitrogens with zero attached hydrogens (tertiary/aromatic N) is 3. The van der Waals surface area contributed by atoms with Crippen molar-refractivity contribution >= 4 is 28.1 Å². The van der Waals surface area contributed by atoms with E-state index in [9.17, 15) is 4.79 Å². The summed E-state index contributed by atoms with van der Waals surface area (Å²) in [6.45, 7) is 5.75. The second-order valence-corrected chi connectivity index (χ2v) is 5.17. The lowest BCUT2D eigenvalue weighted by Gasteiger charge is -2.03. The third-order valence-electron chi connectivity index (χ3n) is 2.37. The summed E-state index contributed by atoms with van der Waals surface area (Å²) in [6.07, 6.45) is 3.55. The summed E-state index contributed by atoms with van der Waals surface area (Å²) in [5.74, 6) is -0.948. The van der Waals surface area contributed by atoms with Crippen molar-refractivity contribution in [2.24, 2.45) is 0 Å². The maximum atomic E-state index is 10.9. The molecule has 0 atom stereocenters. The fourth-order valence-electron chi connectivity index (χ4n) is 1.46. The first-order valence-electron chi connectivity index (χ1n) is 5.49. The molecule has 0 unspecified atom stereocenters. The number of carbonyl (C=O) groups is 1. The van der Waals surface area contributed by atoms with Crippen LogP contribution in [0.15, 0.2) is 12.4 Å². The van der Waals surface area contributed by atoms with Gasteiger partial charge in [-0.1, -0.05) is 11.3 Å². The summed E-state index contributed by atoms with van der Waals surface area (Å²) in [4.78, 5) is 15.3. The molecule has 2 aromatic heterocycles. The molecule has 6 nitrogen and oxygen atoms in total. The molecule has 2 rings (SSSR count). The van der Waals surface area contributed by atoms with Gasteiger partial charge in [0.25, 0.3) is 0 Å². The molecule has 0 saturated carbocycles. The molecule has 0 radical (unpaired) electrons. The van der Waals surface area contributed by atoms with E-state index in [-0.39, 0.29) is 10.9 Å². The van der Waals surface area contributed by atoms with Crippen LogP contribution in [0, 0.1) is 6.92 Å². The number of hydrogen-bond acceptors (Lipinski definition) is 5. The molecule has 7 heteroatoms. The molecule has 18 heavy (non-hydrogen) atoms. The average molecular weight is 266 g/mol. The highest BCUT2D eigenvalue weighted by Gasteiger charge is 2.14. The highest BCUT2D eigenvalue weighted by atomic mass is 32.1. The molecule has 2 heterocycles. The van der Waals surface area contributed by atoms with Crippen LogP contribution in [0.3, 0.4) is 0 Å². The zero-order chi connectivity index (χ0) is 13.3. The van der Waals surface area contributed by atoms with Gasteiger partial charge in [-0.3, -0.25) is 4.68 Å². The Morgan fingerprint density at radius 1 is 1.56 bits per heavy atom. The van der Waals surface area contributed by atoms with Crippen molar-refractivity contribution in [2.75, 3.05) is 5.32 Å². The molecule has 0 spiro atoms. The van der Waals surface area contributed by atoms with Gasteiger partial charge in [0, 0.05) is 12.2 Å². The van der Waals surface area contributed by atoms with Crippen molar-refractivity contribution in [1.29, 1.82) is 0 Å². The van der Waals surface area contributed by atoms with Crippen LogP contribution in [0.4, 0.5) is 10.8 Å². The number of carboxylic acids is 1. The van der Waals surface area contributed by atoms with E-state index in [1.165, 1.54) is 0 Å². The Morgan fingerprint density at radius 2 is 2.28 bits per heavy atom. The zero-order valence-corrected chi connectivity index (χ0v) is 11.2. The summed E-state index contributed by atoms with van der Waals surface area (Å²) in [5, 5.41) is 16.8. The van der Waals surface area contributed by atoms with E-state index < -0.39 is 5.97 Å². The van der Waals surface area contributed by atoms with Crippen molar-refractivity contribution in [3.63, 3.8) is 0 Å². The molecule has 0 amide bonds. The Morgan fingerprint density at radius 3 is 2.78 bits per heavy atom. The third-order valence-corrected chi connectivity index (χ3v) is 3.43. The summed E-state index contributed by atoms with van der Waals surface area (Å²) in [7, 11) is 0. The number of aryl methyl sites for hydroxylation is 1. The predicted molar refractivity (Wildman–Crippen MR) is 69.7 cm³/mol. The SMILES string of the molecule is Cc1nc(Nc2cnn(C(C)C)c2)sc1C(=O)O. The smallest absolute Gasteiger partial charge is 0.347 e. The lowest BCUT2D eigenvalue weighted by Crippen LogP contribution is -1.99. The number of hydrogen-bond donors (Lipinski definition) is 2. The average Bonchev–Trinajstić information content (AvgIpc) is 2.86. The van der Waals surface area contributed by atoms with E-state index in [2.05, 4.69) is 15.4 Å². The first kappa shape index (κ1) is 12.6. The largest absolute Gasteiger partial charge is 0.477 e. The van der Waals surface area contributed by atoms with Gasteiger partial charge in [0.2, 0.25) is 0 Å². The molecule has 0 saturated heterocycles. The van der Waals surface area contributed by atoms with Gasteiger partial charge in [-0.15, -0.1) is 0 Å². The predicted octanol–water partition coefficient (Wildman–Crippen LogP) is 2.67. The Balaban J connectivity index is 2.18. The van der Waals surface area contributed by atoms with Gasteiger partial charge >= 0.3 is 5.97 Å². The highest BCUT2D eigenvalue weighted by Crippen LogP contribution is 2.25. The molecular formula is C11H14N4O2S. The molecule has 0 fully saturated rings. The Bertz CT molecular complexity index is 573. The molecule has 0 bridgehead atoms. The quantitative estimate of drug-likeness (QED) is 0.889. The van der Waals surface area contributed by atoms with Gasteiger partial charge in [-0.2, -0.15) is 5.10 Å². The number of nitrogens with one attached hydrogen (secondary N) is 1. The van der Waals surface area contributed by atoms with Crippen LogP contribution < -0.4 is 5.32 Å². The fourth-order valence-corrected chi connectivity index (χ4v) is 2.28. The molecule has 2 N–H and O–H groups in total. The maximum Gasteiger partial charge on any atom is 0.347 e. The lowest BCUT2D eigenvalue weighted by molar-refractivity contribution is 0.0701. The summed E-state index contributed by atoms with van der Waals surface area (Å²) in [5.41, 5.74) is 1.32. The topological polar surface area (TPSA) is 80.0 Å². The molecule has 0 aromatic carbocycles. The van der Waals surface area contributed by atoms with Crippen molar-refractivity contribution in [2.45, 2.75) is 26.8 Å². The first-order chi connectivity index (χ1) is 8.47. The van der Waals surface area contributed by atoms with Crippen LogP contribution in [0.1, 0.15) is 35.3 Å². The molecule has 2 aromatic rings. The molecule has 0 aliphatic rings. The minimum absolute atomic E-state index is 0.258. The number of thiazole rings is 1. The highest BCUT2D eigenvalue weighted by molar-refractivity contribution is 7.17. The fraction of sp³-hybridized carbons (Fsp3) is 0.364. The van der Waals surface area contributed by atoms with Crippen molar-refractivity contribution in [3.8, 4) is 0 Å². The van der Waals surface area contributed by atoms with Crippen LogP contribution in [0.5, 0.6) is 0 Å². The lowest BCUT2D eigenvalue weighted by atomic mass is 10.4. The van der Waals surface area contributed by atoms with Gasteiger partial charge in [0.05, 0.1) is 17.6 Å². The van der Waals surface area contributed by atoms with Crippen LogP contribution in [0.2, 0.25) is 0 Å². The Kier molecular flexibility index (Phi) is 3.33. The molecule has 0 aliphatic heterocycles. The standard InChI is InChI=1S/C11H14N4O2S/c1-6(2)15-5-8(4-12-15)14-11-13-7(3)9(18-11)10(16)17/h4-6H,1-3H3,(H,13,14)(H,16,17). The monoisotopic (exact) mass is 266 g/mol. The third kappa shape index (κ3) is 2.51. The number of anilines is 2. The van der Waals surface area contributed by atoms with E-state index in [0.29, 0.717) is 10.8 Å². The Labute approximate surface area is 108 Å². The van der Waals surface area contributed by atoms with Crippen LogP contribution in [-0.4, -0.2) is 25.8 Å². The van der Waals surface area contributed by atoms with Crippen molar-refractivity contribution < 1.29 is 9.90 Å². The van der Waals surface area contributed by atoms with Gasteiger partial charge in [-0.05, 0) is 20.8 Å². The molecule has 0 aliphatic carbocycles. The van der Waals surface area contributed by atoms with E-state index in [4.69, 9.17) is 5.11 Å². The normalized spacial score (nSPS) is 10.9. The van der Waals surface area contributed by atoms with Crippen molar-refractivity contribution in [1.82, 2.24) is 14.8 Å². The van der Waals surface area contributed by atoms with Gasteiger partial charge in [0.15, 0.2) is 5.13 Å². The van der Waals surface area contributed by atoms with E-state index >= 15 is 0 Å². The summed E-state index contributed by atoms with van der Waals surface area (Å²) in [6, 6.07) is 0.285. The van der Waals surface area contributed by atoms with E-state index in [1.54, 1.807) is 13.1 Å². The molecular weight excluding hydrogens is 252 g/mol. The maximum absolute atomic E-state index is 10.9. The van der Waals surface area contributed by atoms with Gasteiger partial charge in [-0.25, -0.2) is 9.78 Å². The van der Waals surface area contributed by atoms with E-state index in [1.807, 2.05) is 24.7 Å². The zero-order valence-electron chi connectivity index (χ0n) is 10.3. The van der Waals surface area contributed by atoms with Crippen molar-refractivity contribution in [3.05, 3.63) is 23.0 Å².